The van der Waals surface area contributed by atoms with Crippen LogP contribution in [0.4, 0.5) is 0 Å². The van der Waals surface area contributed by atoms with Crippen LogP contribution in [0.3, 0.4) is 0 Å². The van der Waals surface area contributed by atoms with Crippen molar-refractivity contribution in [2.75, 3.05) is 0 Å². The van der Waals surface area contributed by atoms with Crippen molar-refractivity contribution < 1.29 is 8.85 Å². The van der Waals surface area contributed by atoms with Crippen LogP contribution >= 0.6 is 62.3 Å². The Morgan fingerprint density at radius 1 is 0.667 bits per heavy atom. The van der Waals surface area contributed by atoms with Gasteiger partial charge in [-0.1, -0.05) is 140 Å². The highest BCUT2D eigenvalue weighted by Gasteiger charge is 2.40. The van der Waals surface area contributed by atoms with Gasteiger partial charge in [0.25, 0.3) is 3.25 Å². The van der Waals surface area contributed by atoms with Crippen LogP contribution in [0, 0.1) is 6.92 Å². The summed E-state index contributed by atoms with van der Waals surface area (Å²) in [4.78, 5) is 0. The lowest BCUT2D eigenvalue weighted by Gasteiger charge is -2.37. The predicted molar refractivity (Wildman–Crippen MR) is 172 cm³/mol. The molecule has 0 saturated heterocycles. The zero-order chi connectivity index (χ0) is 28.6. The van der Waals surface area contributed by atoms with Gasteiger partial charge in [0.15, 0.2) is 0 Å². The van der Waals surface area contributed by atoms with E-state index in [2.05, 4.69) is 121 Å². The van der Waals surface area contributed by atoms with E-state index in [4.69, 9.17) is 55.3 Å². The summed E-state index contributed by atoms with van der Waals surface area (Å²) >= 11 is 22.8. The van der Waals surface area contributed by atoms with E-state index >= 15 is 0 Å². The number of rotatable bonds is 5. The Labute approximate surface area is 250 Å². The number of hydrogen-bond acceptors (Lipinski definition) is 2. The number of para-hydroxylation sites is 2. The van der Waals surface area contributed by atoms with Gasteiger partial charge in [0.05, 0.1) is 0 Å². The zero-order valence-corrected chi connectivity index (χ0v) is 30.1. The lowest BCUT2D eigenvalue weighted by Crippen LogP contribution is -2.44. The molecule has 0 aliphatic carbocycles. The highest BCUT2D eigenvalue weighted by atomic mass is 79.9. The lowest BCUT2D eigenvalue weighted by molar-refractivity contribution is 0.489. The first-order valence-corrected chi connectivity index (χ1v) is 20.3. The van der Waals surface area contributed by atoms with Crippen molar-refractivity contribution in [3.05, 3.63) is 59.7 Å². The van der Waals surface area contributed by atoms with Crippen LogP contribution in [-0.4, -0.2) is 19.9 Å². The Morgan fingerprint density at radius 2 is 1.00 bits per heavy atom. The predicted octanol–water partition coefficient (Wildman–Crippen LogP) is 11.9. The van der Waals surface area contributed by atoms with E-state index in [1.54, 1.807) is 0 Å². The Morgan fingerprint density at radius 3 is 1.36 bits per heavy atom. The minimum atomic E-state index is -1.71. The molecule has 2 aromatic rings. The van der Waals surface area contributed by atoms with Gasteiger partial charge in [-0.15, -0.1) is 0 Å². The number of aryl methyl sites for hydroxylation is 1. The summed E-state index contributed by atoms with van der Waals surface area (Å²) < 4.78 is 10.9. The molecular weight excluding hydrogens is 634 g/mol. The fourth-order valence-electron chi connectivity index (χ4n) is 2.24. The van der Waals surface area contributed by atoms with Crippen LogP contribution in [0.5, 0.6) is 11.5 Å². The summed E-state index contributed by atoms with van der Waals surface area (Å²) in [5.41, 5.74) is 2.45. The molecule has 0 N–H and O–H groups in total. The molecular formula is C27H43BrCl4O2Si2. The van der Waals surface area contributed by atoms with Crippen molar-refractivity contribution in [2.45, 2.75) is 93.3 Å². The van der Waals surface area contributed by atoms with Crippen LogP contribution in [-0.2, 0) is 5.33 Å². The third-order valence-electron chi connectivity index (χ3n) is 6.55. The second kappa shape index (κ2) is 14.5. The highest BCUT2D eigenvalue weighted by Crippen LogP contribution is 2.39. The fraction of sp³-hybridized carbons (Fsp3) is 0.556. The number of alkyl halides is 5. The monoisotopic (exact) mass is 674 g/mol. The minimum Gasteiger partial charge on any atom is -0.543 e. The molecule has 0 unspecified atom stereocenters. The van der Waals surface area contributed by atoms with Crippen molar-refractivity contribution >= 4 is 79.0 Å². The molecule has 2 nitrogen and oxygen atoms in total. The SMILES string of the molecule is CC(C)(C)[Si](C)(C)Oc1ccccc1CBr.Cc1ccccc1O[Si](C)(C)C(C)(C)C.ClC(Cl)(Cl)Cl. The standard InChI is InChI=1S/C13H21BrOSi.C13H22OSi.CCl4/c1-13(2,3)16(4,5)15-12-9-7-6-8-11(12)10-14;1-11-9-7-8-10-12(11)14-15(5,6)13(2,3)4;2-1(3,4)5/h6-9H,10H2,1-5H3;7-10H,1-6H3;. The van der Waals surface area contributed by atoms with Gasteiger partial charge < -0.3 is 8.85 Å². The Kier molecular flexibility index (Phi) is 14.5. The van der Waals surface area contributed by atoms with E-state index < -0.39 is 19.9 Å². The summed E-state index contributed by atoms with van der Waals surface area (Å²) in [6, 6.07) is 16.5. The second-order valence-electron chi connectivity index (χ2n) is 11.7. The third-order valence-corrected chi connectivity index (χ3v) is 15.8. The van der Waals surface area contributed by atoms with E-state index in [1.807, 2.05) is 18.2 Å². The summed E-state index contributed by atoms with van der Waals surface area (Å²) in [7, 11) is -3.39. The van der Waals surface area contributed by atoms with Crippen molar-refractivity contribution in [1.29, 1.82) is 0 Å². The smallest absolute Gasteiger partial charge is 0.266 e. The number of hydrogen-bond donors (Lipinski definition) is 0. The van der Waals surface area contributed by atoms with Gasteiger partial charge >= 0.3 is 0 Å². The summed E-state index contributed by atoms with van der Waals surface area (Å²) in [5, 5.41) is 1.35. The van der Waals surface area contributed by atoms with Crippen LogP contribution in [0.15, 0.2) is 48.5 Å². The molecule has 0 aliphatic heterocycles. The lowest BCUT2D eigenvalue weighted by atomic mass is 10.2. The average Bonchev–Trinajstić information content (AvgIpc) is 2.67. The third kappa shape index (κ3) is 13.8. The van der Waals surface area contributed by atoms with Gasteiger partial charge in [0, 0.05) is 10.9 Å². The normalized spacial score (nSPS) is 12.6. The Balaban J connectivity index is 0.000000575. The second-order valence-corrected chi connectivity index (χ2v) is 25.1. The number of halogens is 5. The summed E-state index contributed by atoms with van der Waals surface area (Å²) in [5.74, 6) is 2.08. The molecule has 0 atom stereocenters. The minimum absolute atomic E-state index is 0.242. The molecule has 0 bridgehead atoms. The van der Waals surface area contributed by atoms with Gasteiger partial charge in [-0.2, -0.15) is 0 Å². The van der Waals surface area contributed by atoms with Crippen molar-refractivity contribution in [3.63, 3.8) is 0 Å². The van der Waals surface area contributed by atoms with Crippen LogP contribution in [0.2, 0.25) is 36.3 Å². The first-order valence-electron chi connectivity index (χ1n) is 11.8. The quantitative estimate of drug-likeness (QED) is 0.232. The topological polar surface area (TPSA) is 18.5 Å². The Hall–Kier alpha value is 0.114. The molecule has 0 spiro atoms. The average molecular weight is 678 g/mol. The van der Waals surface area contributed by atoms with Gasteiger partial charge in [-0.05, 0) is 60.9 Å². The van der Waals surface area contributed by atoms with E-state index in [9.17, 15) is 0 Å². The van der Waals surface area contributed by atoms with Crippen molar-refractivity contribution in [3.8, 4) is 11.5 Å². The van der Waals surface area contributed by atoms with Crippen LogP contribution in [0.1, 0.15) is 52.7 Å². The first-order chi connectivity index (χ1) is 16.0. The largest absolute Gasteiger partial charge is 0.543 e. The van der Waals surface area contributed by atoms with Crippen LogP contribution in [0.25, 0.3) is 0 Å². The van der Waals surface area contributed by atoms with E-state index in [-0.39, 0.29) is 10.1 Å². The molecule has 206 valence electrons. The van der Waals surface area contributed by atoms with Crippen molar-refractivity contribution in [1.82, 2.24) is 0 Å². The maximum Gasteiger partial charge on any atom is 0.266 e. The zero-order valence-electron chi connectivity index (χ0n) is 23.5. The van der Waals surface area contributed by atoms with E-state index in [0.29, 0.717) is 0 Å². The maximum atomic E-state index is 6.30. The van der Waals surface area contributed by atoms with Crippen molar-refractivity contribution in [2.24, 2.45) is 0 Å². The van der Waals surface area contributed by atoms with E-state index in [1.165, 1.54) is 11.1 Å². The number of benzene rings is 2. The van der Waals surface area contributed by atoms with Crippen LogP contribution < -0.4 is 8.85 Å². The highest BCUT2D eigenvalue weighted by molar-refractivity contribution is 9.08. The molecule has 0 radical (unpaired) electrons. The van der Waals surface area contributed by atoms with Gasteiger partial charge in [-0.25, -0.2) is 0 Å². The molecule has 36 heavy (non-hydrogen) atoms. The summed E-state index contributed by atoms with van der Waals surface area (Å²) in [6.45, 7) is 24.8. The molecule has 2 rings (SSSR count). The van der Waals surface area contributed by atoms with Gasteiger partial charge in [-0.3, -0.25) is 0 Å². The van der Waals surface area contributed by atoms with Gasteiger partial charge in [0.2, 0.25) is 16.6 Å². The van der Waals surface area contributed by atoms with Gasteiger partial charge in [0.1, 0.15) is 11.5 Å². The van der Waals surface area contributed by atoms with E-state index in [0.717, 1.165) is 16.8 Å². The Bertz CT molecular complexity index is 928. The summed E-state index contributed by atoms with van der Waals surface area (Å²) in [6.07, 6.45) is 0. The fourth-order valence-corrected chi connectivity index (χ4v) is 4.84. The maximum absolute atomic E-state index is 6.30. The molecule has 0 fully saturated rings. The molecule has 0 aromatic heterocycles. The molecule has 2 aromatic carbocycles. The molecule has 0 aliphatic rings. The first kappa shape index (κ1) is 36.1. The molecule has 0 amide bonds. The molecule has 0 heterocycles. The molecule has 0 saturated carbocycles. The molecule has 9 heteroatoms.